The van der Waals surface area contributed by atoms with Gasteiger partial charge < -0.3 is 15.2 Å². The van der Waals surface area contributed by atoms with Crippen LogP contribution in [-0.4, -0.2) is 37.4 Å². The lowest BCUT2D eigenvalue weighted by atomic mass is 9.69. The second kappa shape index (κ2) is 5.83. The quantitative estimate of drug-likeness (QED) is 0.757. The van der Waals surface area contributed by atoms with E-state index < -0.39 is 0 Å². The highest BCUT2D eigenvalue weighted by Gasteiger charge is 2.36. The molecule has 0 aromatic heterocycles. The third-order valence-electron chi connectivity index (χ3n) is 4.14. The van der Waals surface area contributed by atoms with Gasteiger partial charge in [0.15, 0.2) is 0 Å². The standard InChI is InChI=1S/C13H23NO3/c15-10-13(4-2-5-13)9-14-12(16)7-11-3-1-6-17-8-11/h11,15H,1-10H2,(H,14,16)/t11-/m0/s1. The van der Waals surface area contributed by atoms with Gasteiger partial charge in [-0.25, -0.2) is 0 Å². The Morgan fingerprint density at radius 2 is 2.24 bits per heavy atom. The highest BCUT2D eigenvalue weighted by molar-refractivity contribution is 5.76. The molecule has 4 heteroatoms. The van der Waals surface area contributed by atoms with Gasteiger partial charge in [0.05, 0.1) is 6.61 Å². The minimum atomic E-state index is -0.0152. The Morgan fingerprint density at radius 3 is 2.76 bits per heavy atom. The van der Waals surface area contributed by atoms with Crippen LogP contribution < -0.4 is 5.32 Å². The predicted octanol–water partition coefficient (Wildman–Crippen LogP) is 1.08. The fourth-order valence-electron chi connectivity index (χ4n) is 2.66. The average molecular weight is 241 g/mol. The molecule has 4 nitrogen and oxygen atoms in total. The van der Waals surface area contributed by atoms with E-state index in [1.807, 2.05) is 0 Å². The lowest BCUT2D eigenvalue weighted by molar-refractivity contribution is -0.124. The molecule has 2 N–H and O–H groups in total. The first-order valence-electron chi connectivity index (χ1n) is 6.69. The van der Waals surface area contributed by atoms with Gasteiger partial charge in [0.2, 0.25) is 5.91 Å². The number of amides is 1. The first-order valence-corrected chi connectivity index (χ1v) is 6.69. The molecule has 0 radical (unpaired) electrons. The number of aliphatic hydroxyl groups is 1. The molecule has 0 bridgehead atoms. The van der Waals surface area contributed by atoms with Crippen molar-refractivity contribution in [2.75, 3.05) is 26.4 Å². The number of carbonyl (C=O) groups excluding carboxylic acids is 1. The smallest absolute Gasteiger partial charge is 0.220 e. The van der Waals surface area contributed by atoms with Crippen LogP contribution in [0.5, 0.6) is 0 Å². The first-order chi connectivity index (χ1) is 8.24. The molecule has 1 aliphatic heterocycles. The highest BCUT2D eigenvalue weighted by Crippen LogP contribution is 2.39. The summed E-state index contributed by atoms with van der Waals surface area (Å²) in [4.78, 5) is 11.8. The highest BCUT2D eigenvalue weighted by atomic mass is 16.5. The van der Waals surface area contributed by atoms with Crippen LogP contribution in [-0.2, 0) is 9.53 Å². The normalized spacial score (nSPS) is 27.2. The molecule has 2 rings (SSSR count). The van der Waals surface area contributed by atoms with E-state index in [9.17, 15) is 9.90 Å². The summed E-state index contributed by atoms with van der Waals surface area (Å²) < 4.78 is 5.36. The van der Waals surface area contributed by atoms with Crippen molar-refractivity contribution in [3.8, 4) is 0 Å². The average Bonchev–Trinajstić information content (AvgIpc) is 2.29. The fourth-order valence-corrected chi connectivity index (χ4v) is 2.66. The molecule has 1 heterocycles. The Balaban J connectivity index is 1.66. The van der Waals surface area contributed by atoms with E-state index in [1.165, 1.54) is 6.42 Å². The van der Waals surface area contributed by atoms with Gasteiger partial charge in [0.1, 0.15) is 0 Å². The molecule has 98 valence electrons. The summed E-state index contributed by atoms with van der Waals surface area (Å²) in [7, 11) is 0. The third-order valence-corrected chi connectivity index (χ3v) is 4.14. The fraction of sp³-hybridized carbons (Fsp3) is 0.923. The van der Waals surface area contributed by atoms with Gasteiger partial charge in [0.25, 0.3) is 0 Å². The van der Waals surface area contributed by atoms with E-state index in [1.54, 1.807) is 0 Å². The molecule has 1 aliphatic carbocycles. The lowest BCUT2D eigenvalue weighted by Crippen LogP contribution is -2.45. The molecule has 1 saturated heterocycles. The zero-order valence-electron chi connectivity index (χ0n) is 10.4. The van der Waals surface area contributed by atoms with Crippen LogP contribution in [0.15, 0.2) is 0 Å². The third kappa shape index (κ3) is 3.42. The van der Waals surface area contributed by atoms with E-state index in [2.05, 4.69) is 5.32 Å². The molecule has 2 fully saturated rings. The molecular formula is C13H23NO3. The van der Waals surface area contributed by atoms with Crippen molar-refractivity contribution in [2.24, 2.45) is 11.3 Å². The number of ether oxygens (including phenoxy) is 1. The SMILES string of the molecule is O=C(C[C@@H]1CCCOC1)NCC1(CO)CCC1. The van der Waals surface area contributed by atoms with Crippen molar-refractivity contribution >= 4 is 5.91 Å². The van der Waals surface area contributed by atoms with Gasteiger partial charge in [-0.1, -0.05) is 6.42 Å². The van der Waals surface area contributed by atoms with Gasteiger partial charge in [-0.05, 0) is 31.6 Å². The van der Waals surface area contributed by atoms with Crippen molar-refractivity contribution in [3.63, 3.8) is 0 Å². The lowest BCUT2D eigenvalue weighted by Gasteiger charge is -2.40. The van der Waals surface area contributed by atoms with Crippen LogP contribution in [0.25, 0.3) is 0 Å². The van der Waals surface area contributed by atoms with E-state index in [-0.39, 0.29) is 17.9 Å². The van der Waals surface area contributed by atoms with Crippen LogP contribution in [0.1, 0.15) is 38.5 Å². The maximum Gasteiger partial charge on any atom is 0.220 e. The molecule has 0 spiro atoms. The first kappa shape index (κ1) is 12.8. The summed E-state index contributed by atoms with van der Waals surface area (Å²) in [5, 5.41) is 12.3. The van der Waals surface area contributed by atoms with E-state index in [0.29, 0.717) is 18.9 Å². The zero-order chi connectivity index (χ0) is 12.1. The summed E-state index contributed by atoms with van der Waals surface area (Å²) in [6.07, 6.45) is 5.98. The molecule has 1 saturated carbocycles. The summed E-state index contributed by atoms with van der Waals surface area (Å²) in [6, 6.07) is 0. The number of hydrogen-bond acceptors (Lipinski definition) is 3. The second-order valence-corrected chi connectivity index (χ2v) is 5.58. The van der Waals surface area contributed by atoms with Crippen LogP contribution in [0, 0.1) is 11.3 Å². The van der Waals surface area contributed by atoms with Gasteiger partial charge in [-0.3, -0.25) is 4.79 Å². The minimum Gasteiger partial charge on any atom is -0.396 e. The summed E-state index contributed by atoms with van der Waals surface area (Å²) in [6.45, 7) is 2.39. The van der Waals surface area contributed by atoms with Crippen molar-refractivity contribution in [2.45, 2.75) is 38.5 Å². The van der Waals surface area contributed by atoms with E-state index in [0.717, 1.165) is 38.9 Å². The van der Waals surface area contributed by atoms with Crippen LogP contribution >= 0.6 is 0 Å². The van der Waals surface area contributed by atoms with Crippen LogP contribution in [0.2, 0.25) is 0 Å². The Kier molecular flexibility index (Phi) is 4.40. The van der Waals surface area contributed by atoms with E-state index in [4.69, 9.17) is 4.74 Å². The van der Waals surface area contributed by atoms with Gasteiger partial charge in [-0.2, -0.15) is 0 Å². The van der Waals surface area contributed by atoms with Crippen LogP contribution in [0.3, 0.4) is 0 Å². The van der Waals surface area contributed by atoms with Gasteiger partial charge in [0, 0.05) is 31.6 Å². The Morgan fingerprint density at radius 1 is 1.41 bits per heavy atom. The molecule has 1 atom stereocenters. The van der Waals surface area contributed by atoms with E-state index >= 15 is 0 Å². The number of aliphatic hydroxyl groups excluding tert-OH is 1. The molecule has 0 aromatic rings. The minimum absolute atomic E-state index is 0.0152. The Labute approximate surface area is 103 Å². The molecular weight excluding hydrogens is 218 g/mol. The number of hydrogen-bond donors (Lipinski definition) is 2. The summed E-state index contributed by atoms with van der Waals surface area (Å²) in [5.41, 5.74) is -0.0152. The van der Waals surface area contributed by atoms with Crippen molar-refractivity contribution < 1.29 is 14.6 Å². The Bertz CT molecular complexity index is 252. The maximum absolute atomic E-state index is 11.8. The predicted molar refractivity (Wildman–Crippen MR) is 64.5 cm³/mol. The second-order valence-electron chi connectivity index (χ2n) is 5.58. The molecule has 17 heavy (non-hydrogen) atoms. The van der Waals surface area contributed by atoms with Crippen molar-refractivity contribution in [1.82, 2.24) is 5.32 Å². The number of rotatable bonds is 5. The van der Waals surface area contributed by atoms with Crippen molar-refractivity contribution in [3.05, 3.63) is 0 Å². The molecule has 0 unspecified atom stereocenters. The summed E-state index contributed by atoms with van der Waals surface area (Å²) in [5.74, 6) is 0.496. The van der Waals surface area contributed by atoms with Crippen LogP contribution in [0.4, 0.5) is 0 Å². The topological polar surface area (TPSA) is 58.6 Å². The maximum atomic E-state index is 11.8. The molecule has 0 aromatic carbocycles. The number of nitrogens with one attached hydrogen (secondary N) is 1. The number of carbonyl (C=O) groups is 1. The molecule has 2 aliphatic rings. The van der Waals surface area contributed by atoms with Gasteiger partial charge in [-0.15, -0.1) is 0 Å². The Hall–Kier alpha value is -0.610. The molecule has 1 amide bonds. The monoisotopic (exact) mass is 241 g/mol. The van der Waals surface area contributed by atoms with Crippen molar-refractivity contribution in [1.29, 1.82) is 0 Å². The van der Waals surface area contributed by atoms with Gasteiger partial charge >= 0.3 is 0 Å². The summed E-state index contributed by atoms with van der Waals surface area (Å²) >= 11 is 0. The zero-order valence-corrected chi connectivity index (χ0v) is 10.4. The largest absolute Gasteiger partial charge is 0.396 e.